The van der Waals surface area contributed by atoms with Gasteiger partial charge in [0.2, 0.25) is 5.91 Å². The Morgan fingerprint density at radius 2 is 1.96 bits per heavy atom. The molecule has 0 saturated heterocycles. The molecule has 0 aliphatic carbocycles. The third-order valence-corrected chi connectivity index (χ3v) is 4.63. The van der Waals surface area contributed by atoms with Gasteiger partial charge in [-0.3, -0.25) is 4.79 Å². The van der Waals surface area contributed by atoms with Gasteiger partial charge in [0.1, 0.15) is 11.5 Å². The lowest BCUT2D eigenvalue weighted by atomic mass is 10.0. The molecule has 4 nitrogen and oxygen atoms in total. The van der Waals surface area contributed by atoms with Gasteiger partial charge >= 0.3 is 0 Å². The number of ether oxygens (including phenoxy) is 2. The van der Waals surface area contributed by atoms with Crippen LogP contribution in [0.5, 0.6) is 11.5 Å². The molecule has 0 aliphatic heterocycles. The zero-order valence-corrected chi connectivity index (χ0v) is 15.3. The molecule has 1 atom stereocenters. The summed E-state index contributed by atoms with van der Waals surface area (Å²) >= 11 is 1.49. The topological polar surface area (TPSA) is 47.6 Å². The smallest absolute Gasteiger partial charge is 0.230 e. The van der Waals surface area contributed by atoms with E-state index >= 15 is 0 Å². The molecule has 0 aliphatic rings. The first kappa shape index (κ1) is 18.2. The van der Waals surface area contributed by atoms with Crippen LogP contribution in [0, 0.1) is 6.92 Å². The summed E-state index contributed by atoms with van der Waals surface area (Å²) in [6.07, 6.45) is 0. The SMILES string of the molecule is COc1cccc(SCC(=O)NC(C)c2cc(C)ccc2OC)c1. The van der Waals surface area contributed by atoms with E-state index in [2.05, 4.69) is 5.32 Å². The summed E-state index contributed by atoms with van der Waals surface area (Å²) in [5.74, 6) is 1.91. The van der Waals surface area contributed by atoms with Gasteiger partial charge in [-0.15, -0.1) is 11.8 Å². The van der Waals surface area contributed by atoms with E-state index in [1.54, 1.807) is 14.2 Å². The predicted molar refractivity (Wildman–Crippen MR) is 98.0 cm³/mol. The van der Waals surface area contributed by atoms with Gasteiger partial charge in [-0.1, -0.05) is 23.8 Å². The molecule has 24 heavy (non-hydrogen) atoms. The molecule has 1 N–H and O–H groups in total. The Kier molecular flexibility index (Phi) is 6.55. The molecule has 5 heteroatoms. The third kappa shape index (κ3) is 4.93. The molecule has 0 heterocycles. The van der Waals surface area contributed by atoms with Crippen LogP contribution in [0.25, 0.3) is 0 Å². The molecule has 0 fully saturated rings. The van der Waals surface area contributed by atoms with Gasteiger partial charge in [0.25, 0.3) is 0 Å². The highest BCUT2D eigenvalue weighted by Crippen LogP contribution is 2.27. The number of methoxy groups -OCH3 is 2. The average Bonchev–Trinajstić information content (AvgIpc) is 2.60. The highest BCUT2D eigenvalue weighted by molar-refractivity contribution is 8.00. The summed E-state index contributed by atoms with van der Waals surface area (Å²) < 4.78 is 10.6. The van der Waals surface area contributed by atoms with Gasteiger partial charge in [0, 0.05) is 10.5 Å². The van der Waals surface area contributed by atoms with Crippen molar-refractivity contribution in [2.24, 2.45) is 0 Å². The maximum absolute atomic E-state index is 12.2. The molecule has 2 rings (SSSR count). The number of carbonyl (C=O) groups excluding carboxylic acids is 1. The number of aryl methyl sites for hydroxylation is 1. The lowest BCUT2D eigenvalue weighted by molar-refractivity contribution is -0.119. The number of thioether (sulfide) groups is 1. The highest BCUT2D eigenvalue weighted by atomic mass is 32.2. The molecular formula is C19H23NO3S. The first-order chi connectivity index (χ1) is 11.5. The van der Waals surface area contributed by atoms with Crippen molar-refractivity contribution in [3.8, 4) is 11.5 Å². The summed E-state index contributed by atoms with van der Waals surface area (Å²) in [5.41, 5.74) is 2.12. The molecule has 0 radical (unpaired) electrons. The van der Waals surface area contributed by atoms with Gasteiger partial charge in [0.05, 0.1) is 26.0 Å². The van der Waals surface area contributed by atoms with Gasteiger partial charge in [-0.05, 0) is 38.1 Å². The van der Waals surface area contributed by atoms with Crippen molar-refractivity contribution in [3.63, 3.8) is 0 Å². The van der Waals surface area contributed by atoms with Crippen LogP contribution in [0.2, 0.25) is 0 Å². The molecule has 1 unspecified atom stereocenters. The molecule has 128 valence electrons. The Balaban J connectivity index is 1.95. The van der Waals surface area contributed by atoms with Crippen LogP contribution in [0.3, 0.4) is 0 Å². The Labute approximate surface area is 147 Å². The fraction of sp³-hybridized carbons (Fsp3) is 0.316. The number of amides is 1. The van der Waals surface area contributed by atoms with Crippen LogP contribution >= 0.6 is 11.8 Å². The van der Waals surface area contributed by atoms with Crippen LogP contribution in [0.1, 0.15) is 24.1 Å². The van der Waals surface area contributed by atoms with Crippen molar-refractivity contribution < 1.29 is 14.3 Å². The van der Waals surface area contributed by atoms with Gasteiger partial charge in [0.15, 0.2) is 0 Å². The van der Waals surface area contributed by atoms with Crippen LogP contribution in [-0.4, -0.2) is 25.9 Å². The Morgan fingerprint density at radius 3 is 2.67 bits per heavy atom. The molecule has 0 saturated carbocycles. The maximum Gasteiger partial charge on any atom is 0.230 e. The Morgan fingerprint density at radius 1 is 1.17 bits per heavy atom. The number of nitrogens with one attached hydrogen (secondary N) is 1. The number of hydrogen-bond donors (Lipinski definition) is 1. The minimum Gasteiger partial charge on any atom is -0.497 e. The van der Waals surface area contributed by atoms with Gasteiger partial charge < -0.3 is 14.8 Å². The molecular weight excluding hydrogens is 322 g/mol. The predicted octanol–water partition coefficient (Wildman–Crippen LogP) is 3.98. The second-order valence-corrected chi connectivity index (χ2v) is 6.55. The minimum atomic E-state index is -0.113. The first-order valence-electron chi connectivity index (χ1n) is 7.74. The quantitative estimate of drug-likeness (QED) is 0.771. The van der Waals surface area contributed by atoms with Gasteiger partial charge in [-0.2, -0.15) is 0 Å². The highest BCUT2D eigenvalue weighted by Gasteiger charge is 2.14. The van der Waals surface area contributed by atoms with Crippen LogP contribution < -0.4 is 14.8 Å². The van der Waals surface area contributed by atoms with E-state index in [0.29, 0.717) is 5.75 Å². The summed E-state index contributed by atoms with van der Waals surface area (Å²) in [7, 11) is 3.27. The lowest BCUT2D eigenvalue weighted by Gasteiger charge is -2.18. The Hall–Kier alpha value is -2.14. The summed E-state index contributed by atoms with van der Waals surface area (Å²) in [6, 6.07) is 13.5. The molecule has 0 spiro atoms. The zero-order valence-electron chi connectivity index (χ0n) is 14.5. The minimum absolute atomic E-state index is 0.0149. The van der Waals surface area contributed by atoms with Crippen LogP contribution in [-0.2, 0) is 4.79 Å². The number of rotatable bonds is 7. The monoisotopic (exact) mass is 345 g/mol. The van der Waals surface area contributed by atoms with E-state index in [-0.39, 0.29) is 11.9 Å². The number of hydrogen-bond acceptors (Lipinski definition) is 4. The zero-order chi connectivity index (χ0) is 17.5. The van der Waals surface area contributed by atoms with Crippen molar-refractivity contribution in [2.75, 3.05) is 20.0 Å². The van der Waals surface area contributed by atoms with E-state index in [9.17, 15) is 4.79 Å². The fourth-order valence-electron chi connectivity index (χ4n) is 2.39. The second-order valence-electron chi connectivity index (χ2n) is 5.50. The van der Waals surface area contributed by atoms with E-state index in [0.717, 1.165) is 27.5 Å². The normalized spacial score (nSPS) is 11.7. The number of benzene rings is 2. The van der Waals surface area contributed by atoms with E-state index in [4.69, 9.17) is 9.47 Å². The first-order valence-corrected chi connectivity index (χ1v) is 8.72. The third-order valence-electron chi connectivity index (χ3n) is 3.64. The Bertz CT molecular complexity index is 703. The summed E-state index contributed by atoms with van der Waals surface area (Å²) in [6.45, 7) is 3.99. The van der Waals surface area contributed by atoms with Crippen molar-refractivity contribution in [1.82, 2.24) is 5.32 Å². The summed E-state index contributed by atoms with van der Waals surface area (Å²) in [5, 5.41) is 3.03. The lowest BCUT2D eigenvalue weighted by Crippen LogP contribution is -2.28. The van der Waals surface area contributed by atoms with E-state index < -0.39 is 0 Å². The van der Waals surface area contributed by atoms with Crippen LogP contribution in [0.15, 0.2) is 47.4 Å². The van der Waals surface area contributed by atoms with Crippen molar-refractivity contribution in [2.45, 2.75) is 24.8 Å². The van der Waals surface area contributed by atoms with Gasteiger partial charge in [-0.25, -0.2) is 0 Å². The second kappa shape index (κ2) is 8.64. The standard InChI is InChI=1S/C19H23NO3S/c1-13-8-9-18(23-4)17(10-13)14(2)20-19(21)12-24-16-7-5-6-15(11-16)22-3/h5-11,14H,12H2,1-4H3,(H,20,21). The molecule has 1 amide bonds. The molecule has 0 bridgehead atoms. The average molecular weight is 345 g/mol. The largest absolute Gasteiger partial charge is 0.497 e. The fourth-order valence-corrected chi connectivity index (χ4v) is 3.15. The summed E-state index contributed by atoms with van der Waals surface area (Å²) in [4.78, 5) is 13.2. The molecule has 2 aromatic rings. The number of carbonyl (C=O) groups is 1. The van der Waals surface area contributed by atoms with Crippen molar-refractivity contribution in [1.29, 1.82) is 0 Å². The maximum atomic E-state index is 12.2. The molecule has 2 aromatic carbocycles. The van der Waals surface area contributed by atoms with E-state index in [1.165, 1.54) is 11.8 Å². The van der Waals surface area contributed by atoms with Crippen molar-refractivity contribution in [3.05, 3.63) is 53.6 Å². The van der Waals surface area contributed by atoms with Crippen molar-refractivity contribution >= 4 is 17.7 Å². The molecule has 0 aromatic heterocycles. The van der Waals surface area contributed by atoms with E-state index in [1.807, 2.05) is 56.3 Å². The van der Waals surface area contributed by atoms with Crippen LogP contribution in [0.4, 0.5) is 0 Å².